The molecule has 16 heavy (non-hydrogen) atoms. The molecule has 2 aliphatic rings. The predicted molar refractivity (Wildman–Crippen MR) is 61.8 cm³/mol. The van der Waals surface area contributed by atoms with Crippen LogP contribution in [0.15, 0.2) is 0 Å². The van der Waals surface area contributed by atoms with Gasteiger partial charge in [0.1, 0.15) is 0 Å². The summed E-state index contributed by atoms with van der Waals surface area (Å²) >= 11 is 0. The normalized spacial score (nSPS) is 34.1. The number of carbonyl (C=O) groups is 1. The van der Waals surface area contributed by atoms with Crippen molar-refractivity contribution in [3.63, 3.8) is 0 Å². The van der Waals surface area contributed by atoms with Crippen molar-refractivity contribution in [2.75, 3.05) is 13.1 Å². The van der Waals surface area contributed by atoms with Gasteiger partial charge in [0.05, 0.1) is 11.6 Å². The largest absolute Gasteiger partial charge is 0.391 e. The zero-order valence-electron chi connectivity index (χ0n) is 9.98. The number of amides is 1. The molecule has 0 bridgehead atoms. The number of β-amino-alcohol motifs (C(OH)–C–C–N with tert-alkyl or cyclic N) is 1. The van der Waals surface area contributed by atoms with Gasteiger partial charge in [-0.3, -0.25) is 4.79 Å². The molecule has 0 spiro atoms. The van der Waals surface area contributed by atoms with E-state index in [0.717, 1.165) is 38.6 Å². The van der Waals surface area contributed by atoms with Gasteiger partial charge in [0, 0.05) is 13.1 Å². The number of nitrogens with two attached hydrogens (primary N) is 1. The van der Waals surface area contributed by atoms with Gasteiger partial charge in [0.25, 0.3) is 0 Å². The summed E-state index contributed by atoms with van der Waals surface area (Å²) in [5.41, 5.74) is 5.50. The first-order valence-corrected chi connectivity index (χ1v) is 6.29. The zero-order valence-corrected chi connectivity index (χ0v) is 9.98. The molecule has 1 saturated carbocycles. The smallest absolute Gasteiger partial charge is 0.242 e. The standard InChI is InChI=1S/C12H22N2O2/c1-9-4-7-14(8-10(9)15)11(16)12(13)5-2-3-6-12/h9-10,15H,2-8,13H2,1H3. The molecular weight excluding hydrogens is 204 g/mol. The summed E-state index contributed by atoms with van der Waals surface area (Å²) in [5.74, 6) is 0.345. The first-order chi connectivity index (χ1) is 7.53. The zero-order chi connectivity index (χ0) is 11.8. The molecule has 4 nitrogen and oxygen atoms in total. The van der Waals surface area contributed by atoms with E-state index in [1.807, 2.05) is 6.92 Å². The predicted octanol–water partition coefficient (Wildman–Crippen LogP) is 0.487. The highest BCUT2D eigenvalue weighted by atomic mass is 16.3. The Balaban J connectivity index is 2.00. The highest BCUT2D eigenvalue weighted by Crippen LogP contribution is 2.30. The number of carbonyl (C=O) groups excluding carboxylic acids is 1. The van der Waals surface area contributed by atoms with E-state index >= 15 is 0 Å². The molecule has 1 saturated heterocycles. The molecule has 92 valence electrons. The van der Waals surface area contributed by atoms with Gasteiger partial charge in [-0.2, -0.15) is 0 Å². The third-order valence-corrected chi connectivity index (χ3v) is 4.13. The van der Waals surface area contributed by atoms with Crippen molar-refractivity contribution in [1.29, 1.82) is 0 Å². The molecule has 4 heteroatoms. The van der Waals surface area contributed by atoms with Crippen molar-refractivity contribution in [1.82, 2.24) is 4.90 Å². The molecule has 1 aliphatic carbocycles. The molecule has 1 amide bonds. The lowest BCUT2D eigenvalue weighted by molar-refractivity contribution is -0.141. The summed E-state index contributed by atoms with van der Waals surface area (Å²) < 4.78 is 0. The lowest BCUT2D eigenvalue weighted by Gasteiger charge is -2.38. The van der Waals surface area contributed by atoms with Crippen LogP contribution in [0.25, 0.3) is 0 Å². The third-order valence-electron chi connectivity index (χ3n) is 4.13. The lowest BCUT2D eigenvalue weighted by atomic mass is 9.92. The summed E-state index contributed by atoms with van der Waals surface area (Å²) in [6, 6.07) is 0. The van der Waals surface area contributed by atoms with E-state index in [1.165, 1.54) is 0 Å². The van der Waals surface area contributed by atoms with Crippen molar-refractivity contribution < 1.29 is 9.90 Å². The van der Waals surface area contributed by atoms with Crippen LogP contribution in [0, 0.1) is 5.92 Å². The molecular formula is C12H22N2O2. The Morgan fingerprint density at radius 2 is 2.06 bits per heavy atom. The number of aliphatic hydroxyl groups excluding tert-OH is 1. The second-order valence-corrected chi connectivity index (χ2v) is 5.45. The Kier molecular flexibility index (Phi) is 3.22. The van der Waals surface area contributed by atoms with E-state index in [0.29, 0.717) is 12.5 Å². The fourth-order valence-electron chi connectivity index (χ4n) is 2.77. The minimum Gasteiger partial charge on any atom is -0.391 e. The van der Waals surface area contributed by atoms with Crippen LogP contribution in [0.4, 0.5) is 0 Å². The Labute approximate surface area is 96.8 Å². The average molecular weight is 226 g/mol. The van der Waals surface area contributed by atoms with Gasteiger partial charge in [0.2, 0.25) is 5.91 Å². The number of hydrogen-bond donors (Lipinski definition) is 2. The van der Waals surface area contributed by atoms with Crippen LogP contribution in [0.1, 0.15) is 39.0 Å². The van der Waals surface area contributed by atoms with Gasteiger partial charge in [-0.05, 0) is 25.2 Å². The van der Waals surface area contributed by atoms with E-state index in [-0.39, 0.29) is 12.0 Å². The van der Waals surface area contributed by atoms with Crippen molar-refractivity contribution >= 4 is 5.91 Å². The Morgan fingerprint density at radius 3 is 2.62 bits per heavy atom. The first kappa shape index (κ1) is 11.9. The molecule has 0 radical (unpaired) electrons. The number of likely N-dealkylation sites (tertiary alicyclic amines) is 1. The van der Waals surface area contributed by atoms with Crippen LogP contribution in [0.2, 0.25) is 0 Å². The second kappa shape index (κ2) is 4.34. The summed E-state index contributed by atoms with van der Waals surface area (Å²) in [4.78, 5) is 14.0. The quantitative estimate of drug-likeness (QED) is 0.683. The number of rotatable bonds is 1. The van der Waals surface area contributed by atoms with Gasteiger partial charge in [-0.25, -0.2) is 0 Å². The van der Waals surface area contributed by atoms with Crippen LogP contribution in [0.3, 0.4) is 0 Å². The van der Waals surface area contributed by atoms with E-state index in [9.17, 15) is 9.90 Å². The summed E-state index contributed by atoms with van der Waals surface area (Å²) in [6.45, 7) is 3.23. The molecule has 0 aromatic heterocycles. The monoisotopic (exact) mass is 226 g/mol. The molecule has 2 unspecified atom stereocenters. The highest BCUT2D eigenvalue weighted by Gasteiger charge is 2.41. The Bertz CT molecular complexity index is 274. The molecule has 1 heterocycles. The maximum Gasteiger partial charge on any atom is 0.242 e. The van der Waals surface area contributed by atoms with Crippen LogP contribution >= 0.6 is 0 Å². The van der Waals surface area contributed by atoms with Gasteiger partial charge >= 0.3 is 0 Å². The second-order valence-electron chi connectivity index (χ2n) is 5.45. The van der Waals surface area contributed by atoms with Gasteiger partial charge < -0.3 is 15.7 Å². The molecule has 0 aromatic rings. The maximum atomic E-state index is 12.3. The molecule has 1 aliphatic heterocycles. The summed E-state index contributed by atoms with van der Waals surface area (Å²) in [5, 5.41) is 9.79. The van der Waals surface area contributed by atoms with E-state index < -0.39 is 5.54 Å². The van der Waals surface area contributed by atoms with Gasteiger partial charge in [-0.1, -0.05) is 19.8 Å². The molecule has 0 aromatic carbocycles. The van der Waals surface area contributed by atoms with Crippen LogP contribution in [-0.4, -0.2) is 40.6 Å². The lowest BCUT2D eigenvalue weighted by Crippen LogP contribution is -2.57. The van der Waals surface area contributed by atoms with Crippen molar-refractivity contribution in [2.24, 2.45) is 11.7 Å². The first-order valence-electron chi connectivity index (χ1n) is 6.29. The number of aliphatic hydroxyl groups is 1. The number of nitrogens with zero attached hydrogens (tertiary/aromatic N) is 1. The van der Waals surface area contributed by atoms with Gasteiger partial charge in [0.15, 0.2) is 0 Å². The minimum atomic E-state index is -0.639. The van der Waals surface area contributed by atoms with Crippen molar-refractivity contribution in [2.45, 2.75) is 50.7 Å². The Hall–Kier alpha value is -0.610. The number of piperidine rings is 1. The van der Waals surface area contributed by atoms with Crippen molar-refractivity contribution in [3.05, 3.63) is 0 Å². The maximum absolute atomic E-state index is 12.3. The van der Waals surface area contributed by atoms with Crippen LogP contribution in [-0.2, 0) is 4.79 Å². The highest BCUT2D eigenvalue weighted by molar-refractivity contribution is 5.86. The van der Waals surface area contributed by atoms with Gasteiger partial charge in [-0.15, -0.1) is 0 Å². The summed E-state index contributed by atoms with van der Waals surface area (Å²) in [6.07, 6.45) is 4.19. The van der Waals surface area contributed by atoms with E-state index in [1.54, 1.807) is 4.90 Å². The SMILES string of the molecule is CC1CCN(C(=O)C2(N)CCCC2)CC1O. The molecule has 2 fully saturated rings. The summed E-state index contributed by atoms with van der Waals surface area (Å²) in [7, 11) is 0. The molecule has 2 rings (SSSR count). The average Bonchev–Trinajstić information content (AvgIpc) is 2.70. The van der Waals surface area contributed by atoms with Crippen LogP contribution < -0.4 is 5.73 Å². The van der Waals surface area contributed by atoms with Crippen molar-refractivity contribution in [3.8, 4) is 0 Å². The Morgan fingerprint density at radius 1 is 1.44 bits per heavy atom. The molecule has 3 N–H and O–H groups in total. The van der Waals surface area contributed by atoms with Crippen LogP contribution in [0.5, 0.6) is 0 Å². The topological polar surface area (TPSA) is 66.6 Å². The number of hydrogen-bond acceptors (Lipinski definition) is 3. The van der Waals surface area contributed by atoms with E-state index in [2.05, 4.69) is 0 Å². The minimum absolute atomic E-state index is 0.0518. The fourth-order valence-corrected chi connectivity index (χ4v) is 2.77. The van der Waals surface area contributed by atoms with E-state index in [4.69, 9.17) is 5.73 Å². The fraction of sp³-hybridized carbons (Fsp3) is 0.917. The molecule has 2 atom stereocenters. The third kappa shape index (κ3) is 2.09.